The Morgan fingerprint density at radius 2 is 1.69 bits per heavy atom. The zero-order chi connectivity index (χ0) is 22.2. The molecule has 0 unspecified atom stereocenters. The molecule has 0 radical (unpaired) electrons. The molecule has 2 heterocycles. The number of nitrogens with two attached hydrogens (primary N) is 1. The van der Waals surface area contributed by atoms with Crippen molar-refractivity contribution in [2.75, 3.05) is 10.7 Å². The number of nitrogen functional groups attached to an aromatic ring is 1. The second kappa shape index (κ2) is 7.62. The maximum Gasteiger partial charge on any atom is 0.269 e. The quantitative estimate of drug-likeness (QED) is 0.302. The lowest BCUT2D eigenvalue weighted by Gasteiger charge is -2.18. The summed E-state index contributed by atoms with van der Waals surface area (Å²) in [6.07, 6.45) is 0. The van der Waals surface area contributed by atoms with Crippen LogP contribution < -0.4 is 10.7 Å². The van der Waals surface area contributed by atoms with E-state index in [1.165, 1.54) is 12.1 Å². The van der Waals surface area contributed by atoms with Gasteiger partial charge < -0.3 is 5.73 Å². The number of nitro benzene ring substituents is 1. The summed E-state index contributed by atoms with van der Waals surface area (Å²) in [7, 11) is 0. The number of non-ortho nitro benzene ring substituents is 1. The summed E-state index contributed by atoms with van der Waals surface area (Å²) >= 11 is 0. The van der Waals surface area contributed by atoms with E-state index >= 15 is 0 Å². The number of fused-ring (bicyclic) bond motifs is 3. The van der Waals surface area contributed by atoms with Crippen LogP contribution in [0.15, 0.2) is 77.9 Å². The van der Waals surface area contributed by atoms with Crippen molar-refractivity contribution in [2.45, 2.75) is 13.5 Å². The number of hydrogen-bond acceptors (Lipinski definition) is 7. The molecule has 0 fully saturated rings. The van der Waals surface area contributed by atoms with Gasteiger partial charge in [0.1, 0.15) is 11.5 Å². The van der Waals surface area contributed by atoms with Crippen molar-refractivity contribution in [1.82, 2.24) is 14.8 Å². The molecule has 9 heteroatoms. The number of para-hydroxylation sites is 1. The number of anilines is 2. The minimum absolute atomic E-state index is 0.0436. The summed E-state index contributed by atoms with van der Waals surface area (Å²) in [5.74, 6) is 1.30. The molecule has 0 aliphatic carbocycles. The largest absolute Gasteiger partial charge is 0.399 e. The van der Waals surface area contributed by atoms with Gasteiger partial charge in [0.15, 0.2) is 0 Å². The summed E-state index contributed by atoms with van der Waals surface area (Å²) in [5.41, 5.74) is 11.0. The Morgan fingerprint density at radius 1 is 0.969 bits per heavy atom. The lowest BCUT2D eigenvalue weighted by Crippen LogP contribution is -2.20. The van der Waals surface area contributed by atoms with Crippen LogP contribution >= 0.6 is 0 Å². The number of rotatable bonds is 4. The Morgan fingerprint density at radius 3 is 2.41 bits per heavy atom. The van der Waals surface area contributed by atoms with Crippen LogP contribution in [0.5, 0.6) is 0 Å². The molecule has 1 aromatic heterocycles. The maximum absolute atomic E-state index is 11.0. The Bertz CT molecular complexity index is 1340. The first-order valence-corrected chi connectivity index (χ1v) is 9.98. The molecule has 158 valence electrons. The Labute approximate surface area is 183 Å². The third kappa shape index (κ3) is 3.35. The van der Waals surface area contributed by atoms with Gasteiger partial charge in [-0.3, -0.25) is 14.7 Å². The van der Waals surface area contributed by atoms with Gasteiger partial charge in [-0.15, -0.1) is 10.2 Å². The van der Waals surface area contributed by atoms with E-state index in [0.717, 1.165) is 33.9 Å². The van der Waals surface area contributed by atoms with Crippen molar-refractivity contribution < 1.29 is 4.92 Å². The smallest absolute Gasteiger partial charge is 0.269 e. The lowest BCUT2D eigenvalue weighted by molar-refractivity contribution is -0.384. The third-order valence-corrected chi connectivity index (χ3v) is 5.32. The van der Waals surface area contributed by atoms with Gasteiger partial charge in [0.05, 0.1) is 17.2 Å². The van der Waals surface area contributed by atoms with Crippen molar-refractivity contribution in [1.29, 1.82) is 0 Å². The van der Waals surface area contributed by atoms with Crippen LogP contribution in [0.2, 0.25) is 0 Å². The topological polar surface area (TPSA) is 115 Å². The predicted molar refractivity (Wildman–Crippen MR) is 122 cm³/mol. The molecule has 5 rings (SSSR count). The molecule has 1 aliphatic heterocycles. The SMILES string of the molecule is Cc1nnc2n1-c1ccccc1C(c1ccc(N)cc1)=NN2Cc1ccc([N+](=O)[O-])cc1. The van der Waals surface area contributed by atoms with Crippen molar-refractivity contribution in [3.63, 3.8) is 0 Å². The van der Waals surface area contributed by atoms with Crippen molar-refractivity contribution in [3.8, 4) is 5.69 Å². The van der Waals surface area contributed by atoms with Crippen LogP contribution in [0.25, 0.3) is 5.69 Å². The first-order chi connectivity index (χ1) is 15.5. The van der Waals surface area contributed by atoms with Crippen LogP contribution in [0.1, 0.15) is 22.5 Å². The van der Waals surface area contributed by atoms with Gasteiger partial charge in [0.25, 0.3) is 11.6 Å². The molecule has 0 amide bonds. The highest BCUT2D eigenvalue weighted by atomic mass is 16.6. The highest BCUT2D eigenvalue weighted by Gasteiger charge is 2.26. The first-order valence-electron chi connectivity index (χ1n) is 9.98. The van der Waals surface area contributed by atoms with Gasteiger partial charge in [-0.1, -0.05) is 42.5 Å². The van der Waals surface area contributed by atoms with Crippen LogP contribution in [0, 0.1) is 17.0 Å². The highest BCUT2D eigenvalue weighted by molar-refractivity contribution is 6.15. The van der Waals surface area contributed by atoms with E-state index in [9.17, 15) is 10.1 Å². The fourth-order valence-electron chi connectivity index (χ4n) is 3.74. The number of hydrazone groups is 1. The fourth-order valence-corrected chi connectivity index (χ4v) is 3.74. The summed E-state index contributed by atoms with van der Waals surface area (Å²) in [6, 6.07) is 22.0. The molecular formula is C23H19N7O2. The summed E-state index contributed by atoms with van der Waals surface area (Å²) in [4.78, 5) is 10.6. The number of nitrogens with zero attached hydrogens (tertiary/aromatic N) is 6. The predicted octanol–water partition coefficient (Wildman–Crippen LogP) is 3.84. The van der Waals surface area contributed by atoms with Gasteiger partial charge in [-0.05, 0) is 30.7 Å². The molecule has 2 N–H and O–H groups in total. The monoisotopic (exact) mass is 425 g/mol. The molecule has 0 bridgehead atoms. The number of benzene rings is 3. The van der Waals surface area contributed by atoms with Crippen molar-refractivity contribution >= 4 is 23.0 Å². The van der Waals surface area contributed by atoms with Gasteiger partial charge in [0.2, 0.25) is 0 Å². The number of hydrogen-bond donors (Lipinski definition) is 1. The Hall–Kier alpha value is -4.53. The summed E-state index contributed by atoms with van der Waals surface area (Å²) in [5, 5.41) is 26.4. The van der Waals surface area contributed by atoms with Crippen molar-refractivity contribution in [3.05, 3.63) is 105 Å². The molecule has 1 aliphatic rings. The summed E-state index contributed by atoms with van der Waals surface area (Å²) in [6.45, 7) is 2.26. The lowest BCUT2D eigenvalue weighted by atomic mass is 10.0. The molecule has 9 nitrogen and oxygen atoms in total. The van der Waals surface area contributed by atoms with Gasteiger partial charge >= 0.3 is 0 Å². The van der Waals surface area contributed by atoms with Gasteiger partial charge in [-0.2, -0.15) is 5.10 Å². The first kappa shape index (κ1) is 19.4. The second-order valence-electron chi connectivity index (χ2n) is 7.45. The average Bonchev–Trinajstić information content (AvgIpc) is 3.12. The minimum Gasteiger partial charge on any atom is -0.399 e. The Balaban J connectivity index is 1.67. The molecule has 4 aromatic rings. The minimum atomic E-state index is -0.413. The van der Waals surface area contributed by atoms with E-state index in [2.05, 4.69) is 10.2 Å². The summed E-state index contributed by atoms with van der Waals surface area (Å²) < 4.78 is 1.97. The third-order valence-electron chi connectivity index (χ3n) is 5.32. The zero-order valence-electron chi connectivity index (χ0n) is 17.2. The van der Waals surface area contributed by atoms with E-state index in [0.29, 0.717) is 18.2 Å². The molecular weight excluding hydrogens is 406 g/mol. The molecule has 0 saturated carbocycles. The average molecular weight is 425 g/mol. The van der Waals surface area contributed by atoms with Gasteiger partial charge in [0, 0.05) is 28.9 Å². The molecule has 32 heavy (non-hydrogen) atoms. The fraction of sp³-hybridized carbons (Fsp3) is 0.0870. The van der Waals surface area contributed by atoms with E-state index in [-0.39, 0.29) is 5.69 Å². The number of aryl methyl sites for hydroxylation is 1. The maximum atomic E-state index is 11.0. The standard InChI is InChI=1S/C23H19N7O2/c1-15-25-26-23-28(14-16-6-12-19(13-7-16)30(31)32)27-22(17-8-10-18(24)11-9-17)20-4-2-3-5-21(20)29(15)23/h2-13H,14,24H2,1H3. The van der Waals surface area contributed by atoms with E-state index in [1.54, 1.807) is 17.1 Å². The van der Waals surface area contributed by atoms with Crippen LogP contribution in [0.4, 0.5) is 17.3 Å². The highest BCUT2D eigenvalue weighted by Crippen LogP contribution is 2.30. The number of nitro groups is 1. The number of aromatic nitrogens is 3. The molecule has 0 saturated heterocycles. The zero-order valence-corrected chi connectivity index (χ0v) is 17.2. The van der Waals surface area contributed by atoms with Crippen LogP contribution in [0.3, 0.4) is 0 Å². The second-order valence-corrected chi connectivity index (χ2v) is 7.45. The van der Waals surface area contributed by atoms with Crippen LogP contribution in [-0.2, 0) is 6.54 Å². The van der Waals surface area contributed by atoms with E-state index in [4.69, 9.17) is 10.8 Å². The van der Waals surface area contributed by atoms with Crippen molar-refractivity contribution in [2.24, 2.45) is 5.10 Å². The Kier molecular flexibility index (Phi) is 4.63. The molecule has 0 atom stereocenters. The van der Waals surface area contributed by atoms with E-state index in [1.807, 2.05) is 60.0 Å². The molecule has 3 aromatic carbocycles. The normalized spacial score (nSPS) is 12.5. The van der Waals surface area contributed by atoms with Gasteiger partial charge in [-0.25, -0.2) is 5.01 Å². The van der Waals surface area contributed by atoms with Crippen LogP contribution in [-0.4, -0.2) is 25.4 Å². The molecule has 0 spiro atoms. The van der Waals surface area contributed by atoms with E-state index < -0.39 is 4.92 Å².